The molecule has 33 heavy (non-hydrogen) atoms. The molecule has 1 aromatic carbocycles. The minimum Gasteiger partial charge on any atom is -0.369 e. The predicted octanol–water partition coefficient (Wildman–Crippen LogP) is 3.03. The van der Waals surface area contributed by atoms with Crippen molar-refractivity contribution in [1.82, 2.24) is 16.0 Å². The van der Waals surface area contributed by atoms with E-state index >= 15 is 4.39 Å². The van der Waals surface area contributed by atoms with Crippen molar-refractivity contribution in [3.63, 3.8) is 0 Å². The molecule has 1 spiro atoms. The molecule has 0 bridgehead atoms. The maximum Gasteiger partial charge on any atom is 0.246 e. The number of allylic oxidation sites excluding steroid dienone is 2. The van der Waals surface area contributed by atoms with Gasteiger partial charge in [0.05, 0.1) is 18.8 Å². The van der Waals surface area contributed by atoms with Gasteiger partial charge in [0.1, 0.15) is 6.61 Å². The molecule has 9 heteroatoms. The summed E-state index contributed by atoms with van der Waals surface area (Å²) in [7, 11) is 1.82. The number of benzene rings is 1. The van der Waals surface area contributed by atoms with Gasteiger partial charge in [0.2, 0.25) is 11.8 Å². The number of likely N-dealkylation sites (N-methyl/N-ethyl adjacent to an activating group) is 1. The van der Waals surface area contributed by atoms with Crippen LogP contribution in [0.2, 0.25) is 0 Å². The number of carbonyl (C=O) groups excluding carboxylic acids is 1. The highest BCUT2D eigenvalue weighted by molar-refractivity contribution is 5.85. The molecule has 4 rings (SSSR count). The van der Waals surface area contributed by atoms with Crippen molar-refractivity contribution in [3.8, 4) is 0 Å². The fraction of sp³-hybridized carbons (Fsp3) is 0.542. The van der Waals surface area contributed by atoms with Gasteiger partial charge in [0.25, 0.3) is 0 Å². The van der Waals surface area contributed by atoms with Crippen LogP contribution in [0.1, 0.15) is 25.3 Å². The third kappa shape index (κ3) is 5.78. The first-order valence-corrected chi connectivity index (χ1v) is 11.0. The summed E-state index contributed by atoms with van der Waals surface area (Å²) in [6, 6.07) is 9.61. The van der Waals surface area contributed by atoms with Crippen LogP contribution in [0, 0.1) is 5.92 Å². The van der Waals surface area contributed by atoms with Crippen LogP contribution < -0.4 is 16.0 Å². The van der Waals surface area contributed by atoms with Crippen molar-refractivity contribution in [2.75, 3.05) is 33.4 Å². The molecular formula is C24H34Cl2FN3O3. The summed E-state index contributed by atoms with van der Waals surface area (Å²) in [4.78, 5) is 12.1. The minimum absolute atomic E-state index is 0. The number of alkyl halides is 1. The topological polar surface area (TPSA) is 71.6 Å². The Morgan fingerprint density at radius 3 is 2.73 bits per heavy atom. The summed E-state index contributed by atoms with van der Waals surface area (Å²) in [5.74, 6) is -2.60. The van der Waals surface area contributed by atoms with E-state index in [9.17, 15) is 4.79 Å². The second-order valence-corrected chi connectivity index (χ2v) is 8.79. The summed E-state index contributed by atoms with van der Waals surface area (Å²) in [5.41, 5.74) is 0.809. The molecule has 1 amide bonds. The smallest absolute Gasteiger partial charge is 0.246 e. The lowest BCUT2D eigenvalue weighted by molar-refractivity contribution is -0.138. The van der Waals surface area contributed by atoms with Gasteiger partial charge in [-0.3, -0.25) is 4.79 Å². The van der Waals surface area contributed by atoms with Crippen molar-refractivity contribution in [2.24, 2.45) is 5.92 Å². The zero-order chi connectivity index (χ0) is 21.9. The molecule has 2 aliphatic heterocycles. The maximum atomic E-state index is 16.8. The highest BCUT2D eigenvalue weighted by Gasteiger charge is 2.53. The predicted molar refractivity (Wildman–Crippen MR) is 133 cm³/mol. The van der Waals surface area contributed by atoms with E-state index in [1.807, 2.05) is 49.5 Å². The molecule has 0 radical (unpaired) electrons. The summed E-state index contributed by atoms with van der Waals surface area (Å²) < 4.78 is 28.3. The molecule has 1 aliphatic carbocycles. The van der Waals surface area contributed by atoms with Gasteiger partial charge < -0.3 is 25.4 Å². The van der Waals surface area contributed by atoms with Gasteiger partial charge in [-0.2, -0.15) is 0 Å². The monoisotopic (exact) mass is 501 g/mol. The van der Waals surface area contributed by atoms with E-state index in [1.165, 1.54) is 0 Å². The molecule has 1 aromatic rings. The number of amides is 1. The average Bonchev–Trinajstić information content (AvgIpc) is 3.04. The molecule has 6 nitrogen and oxygen atoms in total. The number of halogens is 3. The van der Waals surface area contributed by atoms with Crippen LogP contribution in [0.5, 0.6) is 0 Å². The van der Waals surface area contributed by atoms with Gasteiger partial charge >= 0.3 is 0 Å². The Morgan fingerprint density at radius 2 is 2.03 bits per heavy atom. The SMILES string of the molecule is CNCCOC1(F)C(c2ccccc2)=CC=CC1CC1N[C@H](C)CC12COCC(=O)N2.Cl.Cl. The van der Waals surface area contributed by atoms with Gasteiger partial charge in [-0.05, 0) is 32.4 Å². The zero-order valence-electron chi connectivity index (χ0n) is 19.0. The average molecular weight is 502 g/mol. The van der Waals surface area contributed by atoms with Crippen LogP contribution in [0.4, 0.5) is 4.39 Å². The molecule has 0 aromatic heterocycles. The van der Waals surface area contributed by atoms with Gasteiger partial charge in [0.15, 0.2) is 0 Å². The van der Waals surface area contributed by atoms with Gasteiger partial charge in [-0.15, -0.1) is 24.8 Å². The fourth-order valence-electron chi connectivity index (χ4n) is 5.12. The number of morpholine rings is 1. The van der Waals surface area contributed by atoms with E-state index in [0.717, 1.165) is 12.0 Å². The van der Waals surface area contributed by atoms with Crippen molar-refractivity contribution in [2.45, 2.75) is 43.2 Å². The first-order valence-electron chi connectivity index (χ1n) is 11.0. The molecule has 5 atom stereocenters. The van der Waals surface area contributed by atoms with Crippen LogP contribution in [0.3, 0.4) is 0 Å². The fourth-order valence-corrected chi connectivity index (χ4v) is 5.12. The van der Waals surface area contributed by atoms with Crippen LogP contribution in [-0.2, 0) is 14.3 Å². The first-order chi connectivity index (χ1) is 15.0. The van der Waals surface area contributed by atoms with E-state index in [0.29, 0.717) is 25.1 Å². The molecule has 184 valence electrons. The Kier molecular flexibility index (Phi) is 9.91. The third-order valence-corrected chi connectivity index (χ3v) is 6.49. The number of nitrogens with one attached hydrogen (secondary N) is 3. The summed E-state index contributed by atoms with van der Waals surface area (Å²) >= 11 is 0. The number of rotatable bonds is 7. The van der Waals surface area contributed by atoms with Gasteiger partial charge in [-0.1, -0.05) is 48.6 Å². The largest absolute Gasteiger partial charge is 0.369 e. The summed E-state index contributed by atoms with van der Waals surface area (Å²) in [5, 5.41) is 9.72. The Bertz CT molecular complexity index is 857. The van der Waals surface area contributed by atoms with E-state index < -0.39 is 17.3 Å². The summed E-state index contributed by atoms with van der Waals surface area (Å²) in [6.07, 6.45) is 6.83. The van der Waals surface area contributed by atoms with E-state index in [-0.39, 0.29) is 56.0 Å². The van der Waals surface area contributed by atoms with Crippen molar-refractivity contribution >= 4 is 36.3 Å². The van der Waals surface area contributed by atoms with Crippen molar-refractivity contribution < 1.29 is 18.7 Å². The molecule has 0 saturated carbocycles. The lowest BCUT2D eigenvalue weighted by Crippen LogP contribution is -2.63. The number of hydrogen-bond acceptors (Lipinski definition) is 5. The van der Waals surface area contributed by atoms with E-state index in [4.69, 9.17) is 9.47 Å². The quantitative estimate of drug-likeness (QED) is 0.501. The first kappa shape index (κ1) is 27.8. The number of hydrogen-bond donors (Lipinski definition) is 3. The van der Waals surface area contributed by atoms with Crippen molar-refractivity contribution in [3.05, 3.63) is 54.1 Å². The van der Waals surface area contributed by atoms with Gasteiger partial charge in [0, 0.05) is 30.1 Å². The Morgan fingerprint density at radius 1 is 1.27 bits per heavy atom. The van der Waals surface area contributed by atoms with Crippen LogP contribution >= 0.6 is 24.8 Å². The van der Waals surface area contributed by atoms with Crippen molar-refractivity contribution in [1.29, 1.82) is 0 Å². The van der Waals surface area contributed by atoms with Crippen LogP contribution in [0.25, 0.3) is 5.57 Å². The molecular weight excluding hydrogens is 468 g/mol. The zero-order valence-corrected chi connectivity index (χ0v) is 20.6. The Balaban J connectivity index is 0.00000193. The lowest BCUT2D eigenvalue weighted by atomic mass is 9.77. The highest BCUT2D eigenvalue weighted by atomic mass is 35.5. The third-order valence-electron chi connectivity index (χ3n) is 6.49. The second kappa shape index (κ2) is 11.8. The van der Waals surface area contributed by atoms with Gasteiger partial charge in [-0.25, -0.2) is 4.39 Å². The van der Waals surface area contributed by atoms with Crippen LogP contribution in [-0.4, -0.2) is 62.8 Å². The summed E-state index contributed by atoms with van der Waals surface area (Å²) in [6.45, 7) is 3.39. The molecule has 2 saturated heterocycles. The molecule has 3 N–H and O–H groups in total. The second-order valence-electron chi connectivity index (χ2n) is 8.79. The lowest BCUT2D eigenvalue weighted by Gasteiger charge is -2.42. The molecule has 3 aliphatic rings. The molecule has 2 heterocycles. The molecule has 2 fully saturated rings. The minimum atomic E-state index is -1.97. The normalized spacial score (nSPS) is 33.1. The molecule has 4 unspecified atom stereocenters. The highest BCUT2D eigenvalue weighted by Crippen LogP contribution is 2.45. The Hall–Kier alpha value is -1.48. The number of carbonyl (C=O) groups is 1. The standard InChI is InChI=1S/C24H32FN3O3.2ClH/c1-17-14-23(16-30-15-22(29)28-23)21(27-17)13-19-9-6-10-20(18-7-4-3-5-8-18)24(19,25)31-12-11-26-2;;/h3-10,17,19,21,26-27H,11-16H2,1-2H3,(H,28,29);2*1H/t17-,19?,21?,23?,24?;;/m1../s1. The maximum absolute atomic E-state index is 16.8. The number of ether oxygens (including phenoxy) is 2. The Labute approximate surface area is 207 Å². The van der Waals surface area contributed by atoms with E-state index in [2.05, 4.69) is 22.9 Å². The van der Waals surface area contributed by atoms with Crippen LogP contribution in [0.15, 0.2) is 48.6 Å². The van der Waals surface area contributed by atoms with E-state index in [1.54, 1.807) is 6.08 Å².